The van der Waals surface area contributed by atoms with Gasteiger partial charge < -0.3 is 10.2 Å². The van der Waals surface area contributed by atoms with Gasteiger partial charge in [0, 0.05) is 12.8 Å². The molecule has 0 atom stereocenters. The third-order valence-corrected chi connectivity index (χ3v) is 4.02. The van der Waals surface area contributed by atoms with Gasteiger partial charge >= 0.3 is 43.1 Å². The zero-order valence-electron chi connectivity index (χ0n) is 19.7. The Morgan fingerprint density at radius 3 is 1.33 bits per heavy atom. The molecule has 4 aromatic rings. The average Bonchev–Trinajstić information content (AvgIpc) is 3.45. The van der Waals surface area contributed by atoms with Crippen LogP contribution in [0.5, 0.6) is 0 Å². The summed E-state index contributed by atoms with van der Waals surface area (Å²) >= 11 is 2.00. The molecular formula is C28H34O4Ti. The van der Waals surface area contributed by atoms with Crippen molar-refractivity contribution in [1.82, 2.24) is 0 Å². The quantitative estimate of drug-likeness (QED) is 0.238. The first-order chi connectivity index (χ1) is 15.9. The predicted molar refractivity (Wildman–Crippen MR) is 136 cm³/mol. The van der Waals surface area contributed by atoms with Crippen LogP contribution in [0.4, 0.5) is 0 Å². The van der Waals surface area contributed by atoms with Crippen LogP contribution in [-0.2, 0) is 29.6 Å². The summed E-state index contributed by atoms with van der Waals surface area (Å²) in [7, 11) is 0. The van der Waals surface area contributed by atoms with Crippen LogP contribution in [0.15, 0.2) is 84.9 Å². The van der Waals surface area contributed by atoms with Gasteiger partial charge in [0.15, 0.2) is 0 Å². The number of fused-ring (bicyclic) bond motifs is 2. The second-order valence-corrected chi connectivity index (χ2v) is 7.79. The normalized spacial score (nSPS) is 9.00. The molecule has 0 aliphatic rings. The Morgan fingerprint density at radius 2 is 1.09 bits per heavy atom. The summed E-state index contributed by atoms with van der Waals surface area (Å²) in [5.41, 5.74) is 0. The molecule has 4 rings (SSSR count). The third-order valence-electron chi connectivity index (χ3n) is 4.02. The van der Waals surface area contributed by atoms with Crippen molar-refractivity contribution in [3.63, 3.8) is 0 Å². The number of benzene rings is 2. The van der Waals surface area contributed by atoms with Crippen molar-refractivity contribution in [2.75, 3.05) is 0 Å². The number of rotatable bonds is 4. The van der Waals surface area contributed by atoms with Crippen LogP contribution < -0.4 is 0 Å². The van der Waals surface area contributed by atoms with E-state index in [4.69, 9.17) is 10.2 Å². The fraction of sp³-hybridized carbons (Fsp3) is 0.250. The zero-order valence-corrected chi connectivity index (χ0v) is 21.3. The van der Waals surface area contributed by atoms with Crippen molar-refractivity contribution in [1.29, 1.82) is 0 Å². The molecule has 4 aromatic carbocycles. The second-order valence-electron chi connectivity index (χ2n) is 6.89. The van der Waals surface area contributed by atoms with Crippen molar-refractivity contribution >= 4 is 37.8 Å². The topological polar surface area (TPSA) is 74.6 Å². The smallest absolute Gasteiger partial charge is 0.0809 e. The summed E-state index contributed by atoms with van der Waals surface area (Å²) in [5.74, 6) is -1.42. The number of carboxylic acid groups (broad SMARTS) is 2. The molecule has 0 radical (unpaired) electrons. The molecule has 0 unspecified atom stereocenters. The first-order valence-corrected chi connectivity index (χ1v) is 11.9. The van der Waals surface area contributed by atoms with Gasteiger partial charge in [-0.3, -0.25) is 9.59 Å². The Morgan fingerprint density at radius 1 is 0.758 bits per heavy atom. The van der Waals surface area contributed by atoms with E-state index < -0.39 is 11.9 Å². The van der Waals surface area contributed by atoms with Crippen LogP contribution >= 0.6 is 0 Å². The van der Waals surface area contributed by atoms with E-state index in [1.807, 2.05) is 45.1 Å². The molecule has 0 heterocycles. The van der Waals surface area contributed by atoms with Crippen LogP contribution in [0.2, 0.25) is 0 Å². The van der Waals surface area contributed by atoms with Gasteiger partial charge in [-0.2, -0.15) is 35.0 Å². The molecule has 0 aliphatic heterocycles. The molecule has 5 heteroatoms. The summed E-state index contributed by atoms with van der Waals surface area (Å²) in [6.45, 7) is 5.68. The molecule has 0 bridgehead atoms. The van der Waals surface area contributed by atoms with Crippen molar-refractivity contribution in [2.45, 2.75) is 46.5 Å². The molecule has 0 saturated heterocycles. The van der Waals surface area contributed by atoms with Crippen molar-refractivity contribution in [2.24, 2.45) is 0 Å². The first-order valence-electron chi connectivity index (χ1n) is 11.0. The zero-order chi connectivity index (χ0) is 24.9. The van der Waals surface area contributed by atoms with Gasteiger partial charge in [0.05, 0.1) is 0 Å². The van der Waals surface area contributed by atoms with E-state index in [0.29, 0.717) is 12.8 Å². The van der Waals surface area contributed by atoms with Crippen LogP contribution in [0, 0.1) is 0 Å². The third kappa shape index (κ3) is 15.6. The fourth-order valence-electron chi connectivity index (χ4n) is 2.57. The van der Waals surface area contributed by atoms with E-state index in [-0.39, 0.29) is 0 Å². The Labute approximate surface area is 208 Å². The summed E-state index contributed by atoms with van der Waals surface area (Å²) in [4.78, 5) is 19.2. The van der Waals surface area contributed by atoms with Crippen molar-refractivity contribution < 1.29 is 39.8 Å². The van der Waals surface area contributed by atoms with E-state index >= 15 is 0 Å². The van der Waals surface area contributed by atoms with E-state index in [1.165, 1.54) is 21.5 Å². The fourth-order valence-corrected chi connectivity index (χ4v) is 2.57. The molecule has 174 valence electrons. The van der Waals surface area contributed by atoms with Crippen LogP contribution in [0.25, 0.3) is 21.5 Å². The minimum absolute atomic E-state index is 0.292. The van der Waals surface area contributed by atoms with Crippen LogP contribution in [0.1, 0.15) is 46.5 Å². The maximum Gasteiger partial charge on any atom is -0.0809 e. The van der Waals surface area contributed by atoms with Gasteiger partial charge in [-0.25, -0.2) is 0 Å². The standard InChI is InChI=1S/2C9H7.2C4H8O2.C2H4.Ti/c2*1-2-5-9-7-3-6-8(9)4-1;2*1-2-3-4(5)6;1-2;/h2*1-7H;2*2-3H2,1H3,(H,5,6);1H,2H3;/q2*-1;;;;+2. The minimum Gasteiger partial charge on any atom is -0.168 e. The molecule has 0 aliphatic carbocycles. The Balaban J connectivity index is 0.000000407. The monoisotopic (exact) mass is 482 g/mol. The van der Waals surface area contributed by atoms with Gasteiger partial charge in [0.1, 0.15) is 0 Å². The van der Waals surface area contributed by atoms with Gasteiger partial charge in [-0.05, 0) is 12.8 Å². The van der Waals surface area contributed by atoms with E-state index in [2.05, 4.69) is 84.9 Å². The minimum atomic E-state index is -0.711. The van der Waals surface area contributed by atoms with E-state index in [1.54, 1.807) is 0 Å². The molecule has 4 nitrogen and oxygen atoms in total. The average molecular weight is 482 g/mol. The van der Waals surface area contributed by atoms with Gasteiger partial charge in [-0.15, -0.1) is 59.3 Å². The molecule has 2 N–H and O–H groups in total. The number of hydrogen-bond acceptors (Lipinski definition) is 2. The molecule has 0 saturated carbocycles. The molecule has 0 spiro atoms. The van der Waals surface area contributed by atoms with Gasteiger partial charge in [-0.1, -0.05) is 26.0 Å². The number of carboxylic acids is 2. The number of aliphatic carboxylic acids is 2. The van der Waals surface area contributed by atoms with Crippen molar-refractivity contribution in [3.8, 4) is 0 Å². The number of carbonyl (C=O) groups is 2. The summed E-state index contributed by atoms with van der Waals surface area (Å²) in [6.07, 6.45) is 2.05. The Kier molecular flexibility index (Phi) is 18.1. The maximum absolute atomic E-state index is 9.60. The molecular weight excluding hydrogens is 448 g/mol. The van der Waals surface area contributed by atoms with Crippen LogP contribution in [-0.4, -0.2) is 26.5 Å². The van der Waals surface area contributed by atoms with Gasteiger partial charge in [0.2, 0.25) is 0 Å². The largest absolute Gasteiger partial charge is 0.168 e. The summed E-state index contributed by atoms with van der Waals surface area (Å²) in [5, 5.41) is 21.2. The van der Waals surface area contributed by atoms with Gasteiger partial charge in [0.25, 0.3) is 0 Å². The molecule has 0 amide bonds. The Hall–Kier alpha value is -2.82. The number of hydrogen-bond donors (Lipinski definition) is 2. The molecule has 33 heavy (non-hydrogen) atoms. The predicted octanol–water partition coefficient (Wildman–Crippen LogP) is 7.21. The maximum atomic E-state index is 9.60. The van der Waals surface area contributed by atoms with Crippen LogP contribution in [0.3, 0.4) is 0 Å². The van der Waals surface area contributed by atoms with Crippen molar-refractivity contribution in [3.05, 3.63) is 84.9 Å². The van der Waals surface area contributed by atoms with E-state index in [0.717, 1.165) is 12.8 Å². The Bertz CT molecular complexity index is 904. The molecule has 0 aromatic heterocycles. The molecule has 0 fully saturated rings. The first kappa shape index (κ1) is 30.2. The second kappa shape index (κ2) is 19.8. The summed E-state index contributed by atoms with van der Waals surface area (Å²) in [6, 6.07) is 29.3. The summed E-state index contributed by atoms with van der Waals surface area (Å²) < 4.78 is 2.00. The van der Waals surface area contributed by atoms with E-state index in [9.17, 15) is 9.59 Å². The SMILES string of the molecule is CCCC(=O)O.CCCC(=O)O.C[CH]=[Ti+2].c1ccc2[cH-]ccc2c1.c1ccc2[cH-]ccc2c1.